The smallest absolute Gasteiger partial charge is 0.408 e. The first kappa shape index (κ1) is 17.2. The Balaban J connectivity index is 2.14. The largest absolute Gasteiger partial charge is 0.444 e. The van der Waals surface area contributed by atoms with Gasteiger partial charge in [0.15, 0.2) is 11.7 Å². The second-order valence-corrected chi connectivity index (χ2v) is 6.17. The average Bonchev–Trinajstić information content (AvgIpc) is 2.88. The van der Waals surface area contributed by atoms with E-state index in [1.807, 2.05) is 12.1 Å². The summed E-state index contributed by atoms with van der Waals surface area (Å²) in [6, 6.07) is 6.43. The molecule has 2 unspecified atom stereocenters. The van der Waals surface area contributed by atoms with Crippen LogP contribution in [-0.2, 0) is 9.47 Å². The van der Waals surface area contributed by atoms with Gasteiger partial charge in [0.25, 0.3) is 0 Å². The third-order valence-corrected chi connectivity index (χ3v) is 2.99. The van der Waals surface area contributed by atoms with Crippen LogP contribution in [0.5, 0.6) is 0 Å². The van der Waals surface area contributed by atoms with E-state index < -0.39 is 23.8 Å². The van der Waals surface area contributed by atoms with Gasteiger partial charge >= 0.3 is 6.09 Å². The molecule has 7 heteroatoms. The summed E-state index contributed by atoms with van der Waals surface area (Å²) in [5.74, 6) is 0.115. The molecule has 1 heterocycles. The van der Waals surface area contributed by atoms with Gasteiger partial charge in [0.1, 0.15) is 11.1 Å². The molecule has 2 rings (SSSR count). The Hall–Kier alpha value is -2.12. The topological polar surface area (TPSA) is 93.8 Å². The van der Waals surface area contributed by atoms with Crippen LogP contribution in [0.4, 0.5) is 4.79 Å². The van der Waals surface area contributed by atoms with Crippen LogP contribution in [0.15, 0.2) is 28.7 Å². The number of amides is 1. The number of methoxy groups -OCH3 is 1. The van der Waals surface area contributed by atoms with E-state index in [1.165, 1.54) is 7.11 Å². The van der Waals surface area contributed by atoms with E-state index in [9.17, 15) is 9.90 Å². The zero-order chi connectivity index (χ0) is 17.0. The molecule has 1 amide bonds. The second kappa shape index (κ2) is 6.97. The number of alkyl carbamates (subject to hydrolysis) is 1. The minimum atomic E-state index is -1.16. The lowest BCUT2D eigenvalue weighted by molar-refractivity contribution is 0.0245. The van der Waals surface area contributed by atoms with Crippen LogP contribution in [0, 0.1) is 0 Å². The van der Waals surface area contributed by atoms with Crippen LogP contribution in [0.3, 0.4) is 0 Å². The first-order chi connectivity index (χ1) is 10.8. The first-order valence-electron chi connectivity index (χ1n) is 7.32. The summed E-state index contributed by atoms with van der Waals surface area (Å²) in [7, 11) is 1.47. The van der Waals surface area contributed by atoms with Crippen LogP contribution in [0.25, 0.3) is 11.1 Å². The summed E-state index contributed by atoms with van der Waals surface area (Å²) in [6.07, 6.45) is -1.80. The molecule has 0 aliphatic carbocycles. The number of nitrogens with zero attached hydrogens (tertiary/aromatic N) is 1. The molecule has 1 aromatic heterocycles. The maximum atomic E-state index is 11.9. The summed E-state index contributed by atoms with van der Waals surface area (Å²) in [6.45, 7) is 5.36. The molecular formula is C16H22N2O5. The Labute approximate surface area is 134 Å². The van der Waals surface area contributed by atoms with Crippen LogP contribution in [0.1, 0.15) is 32.8 Å². The molecule has 0 saturated heterocycles. The number of hydrogen-bond donors (Lipinski definition) is 2. The molecule has 126 valence electrons. The summed E-state index contributed by atoms with van der Waals surface area (Å²) in [5.41, 5.74) is 0.564. The number of aromatic nitrogens is 1. The number of oxazole rings is 1. The van der Waals surface area contributed by atoms with Gasteiger partial charge in [-0.2, -0.15) is 0 Å². The average molecular weight is 322 g/mol. The van der Waals surface area contributed by atoms with E-state index >= 15 is 0 Å². The van der Waals surface area contributed by atoms with Crippen molar-refractivity contribution in [3.63, 3.8) is 0 Å². The van der Waals surface area contributed by atoms with Crippen molar-refractivity contribution < 1.29 is 23.8 Å². The van der Waals surface area contributed by atoms with Crippen molar-refractivity contribution in [1.29, 1.82) is 0 Å². The predicted molar refractivity (Wildman–Crippen MR) is 84.0 cm³/mol. The highest BCUT2D eigenvalue weighted by Gasteiger charge is 2.29. The number of aliphatic hydroxyl groups is 1. The Morgan fingerprint density at radius 3 is 2.70 bits per heavy atom. The van der Waals surface area contributed by atoms with Crippen molar-refractivity contribution in [2.24, 2.45) is 0 Å². The molecule has 0 fully saturated rings. The number of carbonyl (C=O) groups excluding carboxylic acids is 1. The maximum Gasteiger partial charge on any atom is 0.408 e. The van der Waals surface area contributed by atoms with E-state index in [-0.39, 0.29) is 12.5 Å². The van der Waals surface area contributed by atoms with Crippen molar-refractivity contribution in [3.05, 3.63) is 30.2 Å². The number of carbonyl (C=O) groups is 1. The van der Waals surface area contributed by atoms with Gasteiger partial charge in [-0.05, 0) is 32.9 Å². The third-order valence-electron chi connectivity index (χ3n) is 2.99. The minimum absolute atomic E-state index is 0.0825. The molecule has 23 heavy (non-hydrogen) atoms. The number of benzene rings is 1. The SMILES string of the molecule is COCC(NC(=O)OC(C)(C)C)C(O)c1nc2ccccc2o1. The normalized spacial score (nSPS) is 14.5. The fourth-order valence-corrected chi connectivity index (χ4v) is 2.04. The summed E-state index contributed by atoms with van der Waals surface area (Å²) in [5, 5.41) is 13.0. The van der Waals surface area contributed by atoms with E-state index in [2.05, 4.69) is 10.3 Å². The van der Waals surface area contributed by atoms with Crippen LogP contribution in [-0.4, -0.2) is 41.5 Å². The standard InChI is InChI=1S/C16H22N2O5/c1-16(2,3)23-15(20)18-11(9-21-4)13(19)14-17-10-7-5-6-8-12(10)22-14/h5-8,11,13,19H,9H2,1-4H3,(H,18,20). The fraction of sp³-hybridized carbons (Fsp3) is 0.500. The van der Waals surface area contributed by atoms with E-state index in [0.717, 1.165) is 0 Å². The number of hydrogen-bond acceptors (Lipinski definition) is 6. The molecule has 0 radical (unpaired) electrons. The fourth-order valence-electron chi connectivity index (χ4n) is 2.04. The van der Waals surface area contributed by atoms with E-state index in [4.69, 9.17) is 13.9 Å². The first-order valence-corrected chi connectivity index (χ1v) is 7.32. The number of aliphatic hydroxyl groups excluding tert-OH is 1. The lowest BCUT2D eigenvalue weighted by Gasteiger charge is -2.25. The molecule has 0 spiro atoms. The highest BCUT2D eigenvalue weighted by molar-refractivity contribution is 5.72. The van der Waals surface area contributed by atoms with Crippen LogP contribution in [0.2, 0.25) is 0 Å². The zero-order valence-corrected chi connectivity index (χ0v) is 13.7. The minimum Gasteiger partial charge on any atom is -0.444 e. The van der Waals surface area contributed by atoms with Gasteiger partial charge in [0.2, 0.25) is 5.89 Å². The van der Waals surface area contributed by atoms with Crippen LogP contribution >= 0.6 is 0 Å². The lowest BCUT2D eigenvalue weighted by Crippen LogP contribution is -2.44. The van der Waals surface area contributed by atoms with Gasteiger partial charge in [-0.15, -0.1) is 0 Å². The summed E-state index contributed by atoms with van der Waals surface area (Å²) >= 11 is 0. The lowest BCUT2D eigenvalue weighted by atomic mass is 10.1. The van der Waals surface area contributed by atoms with Gasteiger partial charge in [0.05, 0.1) is 12.6 Å². The molecule has 0 saturated carbocycles. The number of rotatable bonds is 5. The highest BCUT2D eigenvalue weighted by Crippen LogP contribution is 2.22. The Bertz CT molecular complexity index is 629. The third kappa shape index (κ3) is 4.67. The highest BCUT2D eigenvalue weighted by atomic mass is 16.6. The predicted octanol–water partition coefficient (Wildman–Crippen LogP) is 2.40. The summed E-state index contributed by atoms with van der Waals surface area (Å²) < 4.78 is 15.8. The Morgan fingerprint density at radius 2 is 2.09 bits per heavy atom. The monoisotopic (exact) mass is 322 g/mol. The maximum absolute atomic E-state index is 11.9. The number of nitrogens with one attached hydrogen (secondary N) is 1. The zero-order valence-electron chi connectivity index (χ0n) is 13.7. The van der Waals surface area contributed by atoms with Crippen molar-refractivity contribution in [2.75, 3.05) is 13.7 Å². The van der Waals surface area contributed by atoms with Gasteiger partial charge in [-0.1, -0.05) is 12.1 Å². The molecule has 2 aromatic rings. The van der Waals surface area contributed by atoms with Crippen molar-refractivity contribution in [1.82, 2.24) is 10.3 Å². The van der Waals surface area contributed by atoms with Gasteiger partial charge in [-0.3, -0.25) is 0 Å². The van der Waals surface area contributed by atoms with E-state index in [1.54, 1.807) is 32.9 Å². The number of fused-ring (bicyclic) bond motifs is 1. The molecule has 0 bridgehead atoms. The Kier molecular flexibility index (Phi) is 5.23. The molecule has 0 aliphatic heterocycles. The molecule has 7 nitrogen and oxygen atoms in total. The number of para-hydroxylation sites is 2. The molecule has 2 atom stereocenters. The molecule has 1 aromatic carbocycles. The van der Waals surface area contributed by atoms with Crippen LogP contribution < -0.4 is 5.32 Å². The second-order valence-electron chi connectivity index (χ2n) is 6.17. The van der Waals surface area contributed by atoms with E-state index in [0.29, 0.717) is 11.1 Å². The Morgan fingerprint density at radius 1 is 1.39 bits per heavy atom. The van der Waals surface area contributed by atoms with Crippen molar-refractivity contribution in [2.45, 2.75) is 38.5 Å². The molecule has 2 N–H and O–H groups in total. The van der Waals surface area contributed by atoms with Crippen molar-refractivity contribution >= 4 is 17.2 Å². The van der Waals surface area contributed by atoms with Gasteiger partial charge < -0.3 is 24.3 Å². The van der Waals surface area contributed by atoms with Gasteiger partial charge in [0, 0.05) is 7.11 Å². The summed E-state index contributed by atoms with van der Waals surface area (Å²) in [4.78, 5) is 16.1. The quantitative estimate of drug-likeness (QED) is 0.878. The molecule has 0 aliphatic rings. The number of ether oxygens (including phenoxy) is 2. The molecular weight excluding hydrogens is 300 g/mol. The van der Waals surface area contributed by atoms with Crippen molar-refractivity contribution in [3.8, 4) is 0 Å². The van der Waals surface area contributed by atoms with Gasteiger partial charge in [-0.25, -0.2) is 9.78 Å².